The first kappa shape index (κ1) is 11.1. The van der Waals surface area contributed by atoms with E-state index >= 15 is 0 Å². The molecule has 0 bridgehead atoms. The summed E-state index contributed by atoms with van der Waals surface area (Å²) in [5.74, 6) is 0. The van der Waals surface area contributed by atoms with Gasteiger partial charge in [0.1, 0.15) is 0 Å². The Kier molecular flexibility index (Phi) is 2.85. The van der Waals surface area contributed by atoms with E-state index in [0.717, 1.165) is 30.0 Å². The number of furan rings is 1. The van der Waals surface area contributed by atoms with Crippen molar-refractivity contribution in [1.82, 2.24) is 5.32 Å². The summed E-state index contributed by atoms with van der Waals surface area (Å²) < 4.78 is 5.55. The normalized spacial score (nSPS) is 15.6. The van der Waals surface area contributed by atoms with Gasteiger partial charge in [-0.1, -0.05) is 11.6 Å². The van der Waals surface area contributed by atoms with Crippen molar-refractivity contribution in [2.75, 3.05) is 6.54 Å². The van der Waals surface area contributed by atoms with Crippen molar-refractivity contribution in [1.29, 1.82) is 0 Å². The Morgan fingerprint density at radius 2 is 2.24 bits per heavy atom. The van der Waals surface area contributed by atoms with Crippen molar-refractivity contribution in [3.8, 4) is 0 Å². The molecule has 0 atom stereocenters. The maximum atomic E-state index is 6.16. The van der Waals surface area contributed by atoms with Gasteiger partial charge >= 0.3 is 0 Å². The topological polar surface area (TPSA) is 25.2 Å². The molecule has 1 aliphatic carbocycles. The summed E-state index contributed by atoms with van der Waals surface area (Å²) in [6.07, 6.45) is 5.50. The Hall–Kier alpha value is -0.990. The molecule has 1 fully saturated rings. The molecule has 0 aliphatic heterocycles. The van der Waals surface area contributed by atoms with Gasteiger partial charge in [-0.05, 0) is 56.0 Å². The van der Waals surface area contributed by atoms with Gasteiger partial charge in [-0.3, -0.25) is 0 Å². The molecule has 1 aromatic carbocycles. The maximum Gasteiger partial charge on any atom is 0.152 e. The fraction of sp³-hybridized carbons (Fsp3) is 0.429. The van der Waals surface area contributed by atoms with Crippen LogP contribution >= 0.6 is 11.6 Å². The van der Waals surface area contributed by atoms with Crippen molar-refractivity contribution < 1.29 is 4.42 Å². The smallest absolute Gasteiger partial charge is 0.152 e. The lowest BCUT2D eigenvalue weighted by Gasteiger charge is -2.02. The Morgan fingerprint density at radius 1 is 1.41 bits per heavy atom. The van der Waals surface area contributed by atoms with E-state index in [9.17, 15) is 0 Å². The summed E-state index contributed by atoms with van der Waals surface area (Å²) in [6.45, 7) is 3.08. The molecule has 0 amide bonds. The lowest BCUT2D eigenvalue weighted by atomic mass is 10.1. The molecule has 90 valence electrons. The molecule has 1 heterocycles. The summed E-state index contributed by atoms with van der Waals surface area (Å²) in [7, 11) is 0. The molecular formula is C14H16ClNO. The Labute approximate surface area is 106 Å². The third-order valence-electron chi connectivity index (χ3n) is 3.26. The van der Waals surface area contributed by atoms with E-state index in [1.54, 1.807) is 0 Å². The van der Waals surface area contributed by atoms with Gasteiger partial charge in [0.05, 0.1) is 11.3 Å². The van der Waals surface area contributed by atoms with E-state index in [1.807, 2.05) is 12.3 Å². The van der Waals surface area contributed by atoms with Crippen LogP contribution in [0, 0.1) is 6.92 Å². The molecule has 1 saturated carbocycles. The van der Waals surface area contributed by atoms with Crippen molar-refractivity contribution in [2.24, 2.45) is 0 Å². The van der Waals surface area contributed by atoms with Crippen molar-refractivity contribution in [2.45, 2.75) is 32.2 Å². The van der Waals surface area contributed by atoms with Gasteiger partial charge in [0.25, 0.3) is 0 Å². The van der Waals surface area contributed by atoms with Crippen LogP contribution in [0.3, 0.4) is 0 Å². The summed E-state index contributed by atoms with van der Waals surface area (Å²) >= 11 is 6.16. The highest BCUT2D eigenvalue weighted by atomic mass is 35.5. The highest BCUT2D eigenvalue weighted by molar-refractivity contribution is 6.35. The first-order chi connectivity index (χ1) is 8.24. The van der Waals surface area contributed by atoms with Gasteiger partial charge in [0.15, 0.2) is 5.58 Å². The van der Waals surface area contributed by atoms with Gasteiger partial charge in [0.2, 0.25) is 0 Å². The third-order valence-corrected chi connectivity index (χ3v) is 3.54. The van der Waals surface area contributed by atoms with E-state index in [2.05, 4.69) is 18.3 Å². The second-order valence-corrected chi connectivity index (χ2v) is 5.27. The predicted octanol–water partition coefficient (Wildman–Crippen LogP) is 3.69. The summed E-state index contributed by atoms with van der Waals surface area (Å²) in [5.41, 5.74) is 3.25. The van der Waals surface area contributed by atoms with Crippen LogP contribution < -0.4 is 5.32 Å². The average Bonchev–Trinajstić information content (AvgIpc) is 3.01. The number of nitrogens with one attached hydrogen (secondary N) is 1. The van der Waals surface area contributed by atoms with E-state index in [0.29, 0.717) is 5.02 Å². The minimum Gasteiger partial charge on any atom is -0.462 e. The lowest BCUT2D eigenvalue weighted by molar-refractivity contribution is 0.605. The van der Waals surface area contributed by atoms with Crippen LogP contribution in [0.25, 0.3) is 11.0 Å². The standard InChI is InChI=1S/C14H16ClNO/c1-9-6-12-10(4-5-16-11-2-3-11)8-17-14(12)13(15)7-9/h6-8,11,16H,2-5H2,1H3. The fourth-order valence-electron chi connectivity index (χ4n) is 2.17. The van der Waals surface area contributed by atoms with Crippen LogP contribution in [0.1, 0.15) is 24.0 Å². The van der Waals surface area contributed by atoms with Gasteiger partial charge in [0, 0.05) is 11.4 Å². The molecule has 1 N–H and O–H groups in total. The SMILES string of the molecule is Cc1cc(Cl)c2occ(CCNC3CC3)c2c1. The van der Waals surface area contributed by atoms with Gasteiger partial charge < -0.3 is 9.73 Å². The van der Waals surface area contributed by atoms with Crippen LogP contribution in [-0.4, -0.2) is 12.6 Å². The largest absolute Gasteiger partial charge is 0.462 e. The third kappa shape index (κ3) is 2.33. The van der Waals surface area contributed by atoms with Crippen LogP contribution in [0.4, 0.5) is 0 Å². The number of hydrogen-bond donors (Lipinski definition) is 1. The molecule has 2 nitrogen and oxygen atoms in total. The summed E-state index contributed by atoms with van der Waals surface area (Å²) in [5, 5.41) is 5.38. The van der Waals surface area contributed by atoms with Gasteiger partial charge in [-0.2, -0.15) is 0 Å². The molecule has 17 heavy (non-hydrogen) atoms. The first-order valence-corrected chi connectivity index (χ1v) is 6.51. The average molecular weight is 250 g/mol. The number of halogens is 1. The van der Waals surface area contributed by atoms with Crippen molar-refractivity contribution in [3.05, 3.63) is 34.5 Å². The molecule has 3 rings (SSSR count). The van der Waals surface area contributed by atoms with Crippen LogP contribution in [0.2, 0.25) is 5.02 Å². The number of fused-ring (bicyclic) bond motifs is 1. The monoisotopic (exact) mass is 249 g/mol. The van der Waals surface area contributed by atoms with Gasteiger partial charge in [-0.25, -0.2) is 0 Å². The van der Waals surface area contributed by atoms with E-state index < -0.39 is 0 Å². The lowest BCUT2D eigenvalue weighted by Crippen LogP contribution is -2.19. The Balaban J connectivity index is 1.83. The van der Waals surface area contributed by atoms with Crippen molar-refractivity contribution >= 4 is 22.6 Å². The molecule has 0 radical (unpaired) electrons. The molecule has 0 spiro atoms. The molecule has 1 aliphatic rings. The zero-order valence-corrected chi connectivity index (χ0v) is 10.7. The second-order valence-electron chi connectivity index (χ2n) is 4.86. The predicted molar refractivity (Wildman–Crippen MR) is 70.7 cm³/mol. The van der Waals surface area contributed by atoms with Crippen LogP contribution in [0.15, 0.2) is 22.8 Å². The maximum absolute atomic E-state index is 6.16. The Morgan fingerprint density at radius 3 is 3.00 bits per heavy atom. The molecule has 0 saturated heterocycles. The molecular weight excluding hydrogens is 234 g/mol. The fourth-order valence-corrected chi connectivity index (χ4v) is 2.49. The summed E-state index contributed by atoms with van der Waals surface area (Å²) in [4.78, 5) is 0. The van der Waals surface area contributed by atoms with Crippen LogP contribution in [0.5, 0.6) is 0 Å². The first-order valence-electron chi connectivity index (χ1n) is 6.13. The number of benzene rings is 1. The second kappa shape index (κ2) is 4.35. The molecule has 2 aromatic rings. The highest BCUT2D eigenvalue weighted by Crippen LogP contribution is 2.29. The van der Waals surface area contributed by atoms with Gasteiger partial charge in [-0.15, -0.1) is 0 Å². The highest BCUT2D eigenvalue weighted by Gasteiger charge is 2.20. The number of aryl methyl sites for hydroxylation is 1. The van der Waals surface area contributed by atoms with E-state index in [-0.39, 0.29) is 0 Å². The van der Waals surface area contributed by atoms with Crippen molar-refractivity contribution in [3.63, 3.8) is 0 Å². The van der Waals surface area contributed by atoms with E-state index in [4.69, 9.17) is 16.0 Å². The zero-order valence-electron chi connectivity index (χ0n) is 9.92. The number of hydrogen-bond acceptors (Lipinski definition) is 2. The van der Waals surface area contributed by atoms with E-state index in [1.165, 1.54) is 24.0 Å². The minimum atomic E-state index is 0.710. The molecule has 3 heteroatoms. The molecule has 1 aromatic heterocycles. The quantitative estimate of drug-likeness (QED) is 0.894. The zero-order chi connectivity index (χ0) is 11.8. The Bertz CT molecular complexity index is 542. The minimum absolute atomic E-state index is 0.710. The summed E-state index contributed by atoms with van der Waals surface area (Å²) in [6, 6.07) is 4.86. The van der Waals surface area contributed by atoms with Crippen LogP contribution in [-0.2, 0) is 6.42 Å². The molecule has 0 unspecified atom stereocenters. The number of rotatable bonds is 4.